The molecule has 3 N–H and O–H groups in total. The lowest BCUT2D eigenvalue weighted by Gasteiger charge is -2.35. The van der Waals surface area contributed by atoms with E-state index in [4.69, 9.17) is 14.2 Å². The summed E-state index contributed by atoms with van der Waals surface area (Å²) in [5.74, 6) is -1.91. The SMILES string of the molecule is COc1cc(O)ccc1CN1C(=O)c2cc3c(cc2C1=O)[C@@H]1C[C@H]3c2c3c(c4c(c21)[C@@H]1C[C@H]4c2cc4c(cc21)C(=O)N(Cc1ccc(O)cc1OC)C4=O)[C@@H]1C[C@H]3c2cc3c(cc21)C(=O)N(Cc1ccc(O)cc1OC)C3=O. The Hall–Kier alpha value is -9.24. The number of fused-ring (bicyclic) bond motifs is 30. The van der Waals surface area contributed by atoms with Crippen LogP contribution in [0.4, 0.5) is 0 Å². The van der Waals surface area contributed by atoms with E-state index >= 15 is 0 Å². The highest BCUT2D eigenvalue weighted by Gasteiger charge is 2.58. The molecule has 0 fully saturated rings. The van der Waals surface area contributed by atoms with Crippen LogP contribution >= 0.6 is 0 Å². The van der Waals surface area contributed by atoms with E-state index in [9.17, 15) is 44.1 Å². The second-order valence-electron chi connectivity index (χ2n) is 22.2. The van der Waals surface area contributed by atoms with Gasteiger partial charge in [0.2, 0.25) is 0 Å². The molecule has 6 atom stereocenters. The van der Waals surface area contributed by atoms with Crippen LogP contribution in [0.5, 0.6) is 34.5 Å². The van der Waals surface area contributed by atoms with Gasteiger partial charge in [-0.3, -0.25) is 43.5 Å². The smallest absolute Gasteiger partial charge is 0.261 e. The predicted molar refractivity (Wildman–Crippen MR) is 277 cm³/mol. The molecule has 6 amide bonds. The summed E-state index contributed by atoms with van der Waals surface area (Å²) >= 11 is 0. The number of methoxy groups -OCH3 is 3. The fourth-order valence-corrected chi connectivity index (χ4v) is 15.7. The molecule has 15 heteroatoms. The fraction of sp³-hybridized carbons (Fsp3) is 0.238. The van der Waals surface area contributed by atoms with Crippen molar-refractivity contribution < 1.29 is 58.3 Å². The maximum atomic E-state index is 14.4. The summed E-state index contributed by atoms with van der Waals surface area (Å²) in [4.78, 5) is 90.0. The van der Waals surface area contributed by atoms with Crippen molar-refractivity contribution in [3.8, 4) is 34.5 Å². The maximum Gasteiger partial charge on any atom is 0.261 e. The summed E-state index contributed by atoms with van der Waals surface area (Å²) < 4.78 is 16.6. The number of nitrogens with zero attached hydrogens (tertiary/aromatic N) is 3. The van der Waals surface area contributed by atoms with Crippen molar-refractivity contribution in [1.82, 2.24) is 14.7 Å². The van der Waals surface area contributed by atoms with Gasteiger partial charge in [-0.05, 0) is 159 Å². The first-order valence-electron chi connectivity index (χ1n) is 26.2. The third kappa shape index (κ3) is 5.57. The van der Waals surface area contributed by atoms with Gasteiger partial charge in [-0.25, -0.2) is 0 Å². The van der Waals surface area contributed by atoms with E-state index in [1.807, 2.05) is 36.4 Å². The molecule has 0 spiro atoms. The van der Waals surface area contributed by atoms with Gasteiger partial charge in [0.15, 0.2) is 0 Å². The maximum absolute atomic E-state index is 14.4. The first-order valence-corrected chi connectivity index (χ1v) is 26.2. The number of carbonyl (C=O) groups excluding carboxylic acids is 6. The van der Waals surface area contributed by atoms with Gasteiger partial charge in [0.1, 0.15) is 34.5 Å². The third-order valence-electron chi connectivity index (χ3n) is 18.8. The molecule has 0 radical (unpaired) electrons. The number of carbonyl (C=O) groups is 6. The van der Waals surface area contributed by atoms with Crippen molar-refractivity contribution in [2.24, 2.45) is 0 Å². The Balaban J connectivity index is 0.825. The minimum atomic E-state index is -0.399. The number of phenolic OH excluding ortho intramolecular Hbond substituents is 3. The Kier molecular flexibility index (Phi) is 8.79. The van der Waals surface area contributed by atoms with E-state index in [-0.39, 0.29) is 72.4 Å². The lowest BCUT2D eigenvalue weighted by atomic mass is 9.68. The number of aromatic hydroxyl groups is 3. The zero-order chi connectivity index (χ0) is 53.2. The largest absolute Gasteiger partial charge is 0.508 e. The fourth-order valence-electron chi connectivity index (χ4n) is 15.7. The van der Waals surface area contributed by atoms with E-state index < -0.39 is 35.4 Å². The first kappa shape index (κ1) is 45.0. The van der Waals surface area contributed by atoms with Gasteiger partial charge >= 0.3 is 0 Å². The molecule has 6 aliphatic carbocycles. The number of imide groups is 3. The van der Waals surface area contributed by atoms with Gasteiger partial charge in [0.25, 0.3) is 35.4 Å². The van der Waals surface area contributed by atoms with Crippen LogP contribution in [0.3, 0.4) is 0 Å². The molecule has 3 aliphatic heterocycles. The number of rotatable bonds is 9. The molecule has 0 saturated carbocycles. The van der Waals surface area contributed by atoms with Crippen molar-refractivity contribution >= 4 is 35.4 Å². The van der Waals surface area contributed by atoms with Crippen LogP contribution in [0.2, 0.25) is 0 Å². The Morgan fingerprint density at radius 2 is 0.551 bits per heavy atom. The second-order valence-corrected chi connectivity index (χ2v) is 22.2. The molecular weight excluding hydrogens is 991 g/mol. The molecule has 6 bridgehead atoms. The quantitative estimate of drug-likeness (QED) is 0.116. The van der Waals surface area contributed by atoms with Gasteiger partial charge in [-0.1, -0.05) is 0 Å². The summed E-state index contributed by atoms with van der Waals surface area (Å²) in [6, 6.07) is 25.4. The topological polar surface area (TPSA) is 201 Å². The third-order valence-corrected chi connectivity index (χ3v) is 18.8. The molecule has 16 rings (SSSR count). The number of ether oxygens (including phenoxy) is 3. The summed E-state index contributed by atoms with van der Waals surface area (Å²) in [7, 11) is 4.42. The molecule has 7 aromatic rings. The molecular formula is C63H45N3O12. The molecule has 0 saturated heterocycles. The van der Waals surface area contributed by atoms with Crippen molar-refractivity contribution in [3.63, 3.8) is 0 Å². The average Bonchev–Trinajstić information content (AvgIpc) is 2.36. The van der Waals surface area contributed by atoms with Gasteiger partial charge in [0.05, 0.1) is 74.3 Å². The highest BCUT2D eigenvalue weighted by molar-refractivity contribution is 6.23. The molecule has 0 unspecified atom stereocenters. The van der Waals surface area contributed by atoms with Crippen molar-refractivity contribution in [2.45, 2.75) is 74.4 Å². The molecule has 78 heavy (non-hydrogen) atoms. The average molecular weight is 1040 g/mol. The van der Waals surface area contributed by atoms with Gasteiger partial charge < -0.3 is 29.5 Å². The van der Waals surface area contributed by atoms with E-state index in [0.29, 0.717) is 67.3 Å². The molecule has 0 aromatic heterocycles. The Labute approximate surface area is 444 Å². The lowest BCUT2D eigenvalue weighted by molar-refractivity contribution is 0.0626. The summed E-state index contributed by atoms with van der Waals surface area (Å²) in [5, 5.41) is 30.4. The monoisotopic (exact) mass is 1040 g/mol. The predicted octanol–water partition coefficient (Wildman–Crippen LogP) is 9.16. The van der Waals surface area contributed by atoms with Crippen molar-refractivity contribution in [3.05, 3.63) is 208 Å². The minimum absolute atomic E-state index is 0.000744. The second kappa shape index (κ2) is 15.2. The number of phenols is 3. The van der Waals surface area contributed by atoms with Crippen LogP contribution in [0.1, 0.15) is 200 Å². The molecule has 384 valence electrons. The molecule has 3 heterocycles. The Bertz CT molecular complexity index is 3530. The number of amides is 6. The highest BCUT2D eigenvalue weighted by Crippen LogP contribution is 2.72. The van der Waals surface area contributed by atoms with Crippen LogP contribution in [0.25, 0.3) is 0 Å². The van der Waals surface area contributed by atoms with Crippen LogP contribution in [0.15, 0.2) is 91.0 Å². The first-order chi connectivity index (χ1) is 37.7. The van der Waals surface area contributed by atoms with E-state index in [1.165, 1.54) is 106 Å². The van der Waals surface area contributed by atoms with Crippen LogP contribution < -0.4 is 14.2 Å². The lowest BCUT2D eigenvalue weighted by Crippen LogP contribution is -2.29. The van der Waals surface area contributed by atoms with Crippen molar-refractivity contribution in [2.75, 3.05) is 21.3 Å². The van der Waals surface area contributed by atoms with Gasteiger partial charge in [-0.15, -0.1) is 0 Å². The standard InChI is InChI=1S/C63H45N3O12/c1-76-49-10-28(67)7-4-25(49)22-64-58(70)43-13-31-32(14-44(43)59(64)71)38-19-37(31)52-53(38)55-40-21-42(36-18-48-46(16-34(36)40)61(73)66(63(48)75)24-27-6-9-30(69)12-51(27)78-3)57(55)56-41-20-39(54(52)56)33-15-45-47(17-35(33)41)62(74)65(60(45)72)23-26-5-8-29(68)11-50(26)77-2/h4-18,37-42,67-69H,19-24H2,1-3H3/t37-,38+,39+,40-,41-,42+. The molecule has 9 aliphatic rings. The Morgan fingerprint density at radius 1 is 0.346 bits per heavy atom. The highest BCUT2D eigenvalue weighted by atomic mass is 16.5. The zero-order valence-corrected chi connectivity index (χ0v) is 42.2. The summed E-state index contributed by atoms with van der Waals surface area (Å²) in [5.41, 5.74) is 17.4. The van der Waals surface area contributed by atoms with E-state index in [1.54, 1.807) is 18.2 Å². The normalized spacial score (nSPS) is 22.3. The number of hydrogen-bond acceptors (Lipinski definition) is 12. The zero-order valence-electron chi connectivity index (χ0n) is 42.2. The van der Waals surface area contributed by atoms with Crippen molar-refractivity contribution in [1.29, 1.82) is 0 Å². The number of hydrogen-bond donors (Lipinski definition) is 3. The minimum Gasteiger partial charge on any atom is -0.508 e. The van der Waals surface area contributed by atoms with Crippen LogP contribution in [-0.2, 0) is 19.6 Å². The summed E-state index contributed by atoms with van der Waals surface area (Å²) in [6.45, 7) is -0.123. The van der Waals surface area contributed by atoms with E-state index in [0.717, 1.165) is 52.6 Å². The van der Waals surface area contributed by atoms with Gasteiger partial charge in [0, 0.05) is 70.4 Å². The molecule has 15 nitrogen and oxygen atoms in total. The van der Waals surface area contributed by atoms with Gasteiger partial charge in [-0.2, -0.15) is 0 Å². The molecule has 7 aromatic carbocycles. The van der Waals surface area contributed by atoms with Crippen LogP contribution in [-0.4, -0.2) is 86.8 Å². The van der Waals surface area contributed by atoms with E-state index in [2.05, 4.69) is 0 Å². The van der Waals surface area contributed by atoms with Crippen LogP contribution in [0, 0.1) is 0 Å². The number of benzene rings is 7. The summed E-state index contributed by atoms with van der Waals surface area (Å²) in [6.07, 6.45) is 2.25. The Morgan fingerprint density at radius 3 is 0.744 bits per heavy atom.